The second-order valence-electron chi connectivity index (χ2n) is 10.1. The highest BCUT2D eigenvalue weighted by atomic mass is 32.2. The number of hydrogen-bond donors (Lipinski definition) is 3. The van der Waals surface area contributed by atoms with Crippen molar-refractivity contribution >= 4 is 21.8 Å². The van der Waals surface area contributed by atoms with Crippen molar-refractivity contribution in [3.05, 3.63) is 95.6 Å². The molecule has 0 aliphatic heterocycles. The van der Waals surface area contributed by atoms with Gasteiger partial charge in [-0.25, -0.2) is 13.1 Å². The molecule has 3 aromatic carbocycles. The fourth-order valence-corrected chi connectivity index (χ4v) is 5.77. The lowest BCUT2D eigenvalue weighted by Crippen LogP contribution is -2.43. The Kier molecular flexibility index (Phi) is 10.5. The number of nitrogens with one attached hydrogen (secondary N) is 2. The predicted octanol–water partition coefficient (Wildman–Crippen LogP) is 3.34. The van der Waals surface area contributed by atoms with Gasteiger partial charge in [-0.2, -0.15) is 0 Å². The standard InChI is InChI=1S/C31H37N3O6S/c1-40-27-15-8-24(9-16-27)22-34(30(25-6-3-2-4-7-25)31(37)32-20-5-21-35)29(36)19-12-23-10-17-28(18-11-23)41(38,39)33-26-13-14-26/h2-4,6-11,15-18,26,30,33,35H,5,12-14,19-22H2,1H3,(H,32,37)/t30-/m0/s1. The van der Waals surface area contributed by atoms with E-state index in [1.807, 2.05) is 54.6 Å². The monoisotopic (exact) mass is 579 g/mol. The number of methoxy groups -OCH3 is 1. The molecule has 0 unspecified atom stereocenters. The van der Waals surface area contributed by atoms with Crippen LogP contribution in [0.4, 0.5) is 0 Å². The first kappa shape index (κ1) is 30.2. The van der Waals surface area contributed by atoms with Crippen molar-refractivity contribution in [2.45, 2.75) is 55.6 Å². The van der Waals surface area contributed by atoms with Crippen molar-refractivity contribution in [1.82, 2.24) is 14.9 Å². The van der Waals surface area contributed by atoms with E-state index in [1.165, 1.54) is 0 Å². The van der Waals surface area contributed by atoms with Crippen LogP contribution in [0.25, 0.3) is 0 Å². The number of aliphatic hydroxyl groups excluding tert-OH is 1. The molecule has 0 radical (unpaired) electrons. The van der Waals surface area contributed by atoms with Gasteiger partial charge in [-0.1, -0.05) is 54.6 Å². The Morgan fingerprint density at radius 2 is 1.63 bits per heavy atom. The third-order valence-corrected chi connectivity index (χ3v) is 8.44. The van der Waals surface area contributed by atoms with Crippen LogP contribution in [0.2, 0.25) is 0 Å². The van der Waals surface area contributed by atoms with Gasteiger partial charge >= 0.3 is 0 Å². The van der Waals surface area contributed by atoms with Crippen LogP contribution in [0.15, 0.2) is 83.8 Å². The number of aliphatic hydroxyl groups is 1. The summed E-state index contributed by atoms with van der Waals surface area (Å²) in [7, 11) is -1.97. The molecular formula is C31H37N3O6S. The van der Waals surface area contributed by atoms with Gasteiger partial charge in [0.2, 0.25) is 21.8 Å². The minimum Gasteiger partial charge on any atom is -0.497 e. The maximum Gasteiger partial charge on any atom is 0.247 e. The largest absolute Gasteiger partial charge is 0.497 e. The van der Waals surface area contributed by atoms with Crippen LogP contribution in [0.1, 0.15) is 48.4 Å². The summed E-state index contributed by atoms with van der Waals surface area (Å²) in [6.45, 7) is 0.426. The number of sulfonamides is 1. The molecule has 0 heterocycles. The van der Waals surface area contributed by atoms with E-state index in [1.54, 1.807) is 36.3 Å². The van der Waals surface area contributed by atoms with Gasteiger partial charge in [-0.15, -0.1) is 0 Å². The summed E-state index contributed by atoms with van der Waals surface area (Å²) < 4.78 is 32.9. The zero-order valence-corrected chi connectivity index (χ0v) is 24.0. The molecule has 4 rings (SSSR count). The van der Waals surface area contributed by atoms with E-state index in [2.05, 4.69) is 10.0 Å². The quantitative estimate of drug-likeness (QED) is 0.237. The average molecular weight is 580 g/mol. The Hall–Kier alpha value is -3.73. The summed E-state index contributed by atoms with van der Waals surface area (Å²) in [6.07, 6.45) is 2.62. The second kappa shape index (κ2) is 14.2. The number of carbonyl (C=O) groups is 2. The normalized spacial score (nSPS) is 13.8. The molecule has 2 amide bonds. The number of nitrogens with zero attached hydrogens (tertiary/aromatic N) is 1. The minimum atomic E-state index is -3.55. The lowest BCUT2D eigenvalue weighted by molar-refractivity contribution is -0.141. The summed E-state index contributed by atoms with van der Waals surface area (Å²) in [5, 5.41) is 12.0. The number of benzene rings is 3. The van der Waals surface area contributed by atoms with Crippen LogP contribution >= 0.6 is 0 Å². The Labute approximate surface area is 241 Å². The van der Waals surface area contributed by atoms with E-state index in [0.717, 1.165) is 24.0 Å². The first-order valence-corrected chi connectivity index (χ1v) is 15.3. The molecule has 1 fully saturated rings. The fraction of sp³-hybridized carbons (Fsp3) is 0.355. The number of ether oxygens (including phenoxy) is 1. The van der Waals surface area contributed by atoms with Gasteiger partial charge in [0.05, 0.1) is 12.0 Å². The van der Waals surface area contributed by atoms with Gasteiger partial charge in [0, 0.05) is 32.2 Å². The van der Waals surface area contributed by atoms with Gasteiger partial charge in [0.1, 0.15) is 11.8 Å². The molecule has 1 aliphatic rings. The fourth-order valence-electron chi connectivity index (χ4n) is 4.47. The van der Waals surface area contributed by atoms with Crippen LogP contribution in [-0.4, -0.2) is 56.5 Å². The van der Waals surface area contributed by atoms with Crippen LogP contribution in [0.3, 0.4) is 0 Å². The summed E-state index contributed by atoms with van der Waals surface area (Å²) in [4.78, 5) is 29.1. The van der Waals surface area contributed by atoms with Crippen LogP contribution in [-0.2, 0) is 32.6 Å². The molecule has 1 aliphatic carbocycles. The number of aryl methyl sites for hydroxylation is 1. The molecule has 9 nitrogen and oxygen atoms in total. The topological polar surface area (TPSA) is 125 Å². The van der Waals surface area contributed by atoms with Crippen molar-refractivity contribution in [3.8, 4) is 5.75 Å². The van der Waals surface area contributed by atoms with Crippen LogP contribution in [0.5, 0.6) is 5.75 Å². The van der Waals surface area contributed by atoms with Gasteiger partial charge < -0.3 is 20.1 Å². The Balaban J connectivity index is 1.55. The van der Waals surface area contributed by atoms with E-state index in [-0.39, 0.29) is 48.9 Å². The SMILES string of the molecule is COc1ccc(CN(C(=O)CCc2ccc(S(=O)(=O)NC3CC3)cc2)[C@H](C(=O)NCCCO)c2ccccc2)cc1. The molecule has 10 heteroatoms. The van der Waals surface area contributed by atoms with Crippen LogP contribution in [0, 0.1) is 0 Å². The van der Waals surface area contributed by atoms with E-state index in [4.69, 9.17) is 4.74 Å². The van der Waals surface area contributed by atoms with E-state index < -0.39 is 16.1 Å². The number of amides is 2. The minimum absolute atomic E-state index is 0.0207. The van der Waals surface area contributed by atoms with Crippen molar-refractivity contribution in [3.63, 3.8) is 0 Å². The summed E-state index contributed by atoms with van der Waals surface area (Å²) in [5.41, 5.74) is 2.33. The van der Waals surface area contributed by atoms with Gasteiger partial charge in [0.15, 0.2) is 0 Å². The maximum atomic E-state index is 13.8. The molecule has 3 aromatic rings. The molecule has 0 spiro atoms. The first-order chi connectivity index (χ1) is 19.8. The van der Waals surface area contributed by atoms with Gasteiger partial charge in [-0.05, 0) is 66.6 Å². The third kappa shape index (κ3) is 8.63. The average Bonchev–Trinajstić information content (AvgIpc) is 3.80. The highest BCUT2D eigenvalue weighted by molar-refractivity contribution is 7.89. The molecule has 0 bridgehead atoms. The highest BCUT2D eigenvalue weighted by Gasteiger charge is 2.31. The molecule has 1 saturated carbocycles. The molecule has 218 valence electrons. The van der Waals surface area contributed by atoms with Crippen molar-refractivity contribution in [2.24, 2.45) is 0 Å². The Morgan fingerprint density at radius 3 is 2.24 bits per heavy atom. The van der Waals surface area contributed by atoms with Gasteiger partial charge in [-0.3, -0.25) is 9.59 Å². The zero-order chi connectivity index (χ0) is 29.2. The van der Waals surface area contributed by atoms with Crippen molar-refractivity contribution in [2.75, 3.05) is 20.3 Å². The highest BCUT2D eigenvalue weighted by Crippen LogP contribution is 2.26. The van der Waals surface area contributed by atoms with Gasteiger partial charge in [0.25, 0.3) is 0 Å². The summed E-state index contributed by atoms with van der Waals surface area (Å²) in [6, 6.07) is 22.2. The van der Waals surface area contributed by atoms with Crippen LogP contribution < -0.4 is 14.8 Å². The first-order valence-electron chi connectivity index (χ1n) is 13.8. The maximum absolute atomic E-state index is 13.8. The Morgan fingerprint density at radius 1 is 0.976 bits per heavy atom. The zero-order valence-electron chi connectivity index (χ0n) is 23.2. The third-order valence-electron chi connectivity index (χ3n) is 6.90. The second-order valence-corrected chi connectivity index (χ2v) is 11.8. The lowest BCUT2D eigenvalue weighted by atomic mass is 10.0. The smallest absolute Gasteiger partial charge is 0.247 e. The summed E-state index contributed by atoms with van der Waals surface area (Å²) in [5.74, 6) is 0.133. The number of hydrogen-bond acceptors (Lipinski definition) is 6. The lowest BCUT2D eigenvalue weighted by Gasteiger charge is -2.32. The predicted molar refractivity (Wildman–Crippen MR) is 156 cm³/mol. The number of carbonyl (C=O) groups excluding carboxylic acids is 2. The van der Waals surface area contributed by atoms with Crippen molar-refractivity contribution in [1.29, 1.82) is 0 Å². The van der Waals surface area contributed by atoms with E-state index in [0.29, 0.717) is 24.2 Å². The van der Waals surface area contributed by atoms with Crippen molar-refractivity contribution < 1.29 is 27.9 Å². The number of rotatable bonds is 15. The molecule has 0 aromatic heterocycles. The molecular weight excluding hydrogens is 542 g/mol. The Bertz CT molecular complexity index is 1390. The van der Waals surface area contributed by atoms with E-state index in [9.17, 15) is 23.1 Å². The summed E-state index contributed by atoms with van der Waals surface area (Å²) >= 11 is 0. The van der Waals surface area contributed by atoms with E-state index >= 15 is 0 Å². The molecule has 41 heavy (non-hydrogen) atoms. The molecule has 0 saturated heterocycles. The molecule has 3 N–H and O–H groups in total. The molecule has 1 atom stereocenters.